The van der Waals surface area contributed by atoms with Gasteiger partial charge in [0.2, 0.25) is 0 Å². The highest BCUT2D eigenvalue weighted by Gasteiger charge is 2.03. The maximum absolute atomic E-state index is 5.74. The summed E-state index contributed by atoms with van der Waals surface area (Å²) in [5.74, 6) is 1.53. The van der Waals surface area contributed by atoms with Crippen molar-refractivity contribution >= 4 is 0 Å². The Morgan fingerprint density at radius 3 is 1.93 bits per heavy atom. The lowest BCUT2D eigenvalue weighted by Gasteiger charge is -2.07. The molecule has 0 bridgehead atoms. The van der Waals surface area contributed by atoms with Gasteiger partial charge in [-0.1, -0.05) is 89.5 Å². The Labute approximate surface area is 165 Å². The average Bonchev–Trinajstić information content (AvgIpc) is 2.71. The minimum atomic E-state index is 0.749. The Balaban J connectivity index is 1.74. The first-order valence-electron chi connectivity index (χ1n) is 10.9. The molecule has 0 fully saturated rings. The maximum Gasteiger partial charge on any atom is 0.159 e. The fourth-order valence-corrected chi connectivity index (χ4v) is 3.19. The molecule has 0 unspecified atom stereocenters. The summed E-state index contributed by atoms with van der Waals surface area (Å²) in [7, 11) is 0. The Bertz CT molecular complexity index is 607. The van der Waals surface area contributed by atoms with Gasteiger partial charge in [0.05, 0.1) is 19.0 Å². The van der Waals surface area contributed by atoms with Crippen LogP contribution in [0.4, 0.5) is 0 Å². The smallest absolute Gasteiger partial charge is 0.159 e. The van der Waals surface area contributed by atoms with Crippen molar-refractivity contribution in [2.45, 2.75) is 84.5 Å². The second-order valence-electron chi connectivity index (χ2n) is 7.37. The molecule has 0 amide bonds. The second-order valence-corrected chi connectivity index (χ2v) is 7.37. The van der Waals surface area contributed by atoms with E-state index in [-0.39, 0.29) is 0 Å². The quantitative estimate of drug-likeness (QED) is 0.336. The van der Waals surface area contributed by atoms with Crippen molar-refractivity contribution < 1.29 is 4.74 Å². The topological polar surface area (TPSA) is 35.0 Å². The van der Waals surface area contributed by atoms with E-state index in [4.69, 9.17) is 4.74 Å². The van der Waals surface area contributed by atoms with E-state index in [0.717, 1.165) is 36.6 Å². The summed E-state index contributed by atoms with van der Waals surface area (Å²) >= 11 is 0. The highest BCUT2D eigenvalue weighted by molar-refractivity contribution is 5.55. The molecule has 0 spiro atoms. The van der Waals surface area contributed by atoms with Gasteiger partial charge in [-0.3, -0.25) is 0 Å². The van der Waals surface area contributed by atoms with Gasteiger partial charge in [0.15, 0.2) is 11.6 Å². The zero-order valence-electron chi connectivity index (χ0n) is 17.3. The SMILES string of the molecule is CCCCCCCOc1cnc(-c2ccc(CCCCCCC)cc2)nc1. The first kappa shape index (κ1) is 21.4. The van der Waals surface area contributed by atoms with Gasteiger partial charge in [0.25, 0.3) is 0 Å². The lowest BCUT2D eigenvalue weighted by atomic mass is 10.0. The van der Waals surface area contributed by atoms with E-state index in [1.165, 1.54) is 63.4 Å². The minimum absolute atomic E-state index is 0.749. The maximum atomic E-state index is 5.74. The highest BCUT2D eigenvalue weighted by atomic mass is 16.5. The summed E-state index contributed by atoms with van der Waals surface area (Å²) in [4.78, 5) is 8.93. The molecular weight excluding hydrogens is 332 g/mol. The van der Waals surface area contributed by atoms with Gasteiger partial charge in [0.1, 0.15) is 0 Å². The predicted octanol–water partition coefficient (Wildman–Crippen LogP) is 7.01. The van der Waals surface area contributed by atoms with Crippen molar-refractivity contribution in [3.8, 4) is 17.1 Å². The zero-order valence-corrected chi connectivity index (χ0v) is 17.3. The van der Waals surface area contributed by atoms with Crippen LogP contribution in [-0.2, 0) is 6.42 Å². The van der Waals surface area contributed by atoms with Crippen LogP contribution in [0.5, 0.6) is 5.75 Å². The fraction of sp³-hybridized carbons (Fsp3) is 0.583. The normalized spacial score (nSPS) is 10.9. The number of unbranched alkanes of at least 4 members (excludes halogenated alkanes) is 8. The van der Waals surface area contributed by atoms with Crippen molar-refractivity contribution in [2.24, 2.45) is 0 Å². The van der Waals surface area contributed by atoms with Gasteiger partial charge in [-0.05, 0) is 24.8 Å². The van der Waals surface area contributed by atoms with Crippen LogP contribution in [0, 0.1) is 0 Å². The van der Waals surface area contributed by atoms with E-state index < -0.39 is 0 Å². The van der Waals surface area contributed by atoms with Crippen LogP contribution in [0.3, 0.4) is 0 Å². The summed E-state index contributed by atoms with van der Waals surface area (Å²) in [6.45, 7) is 5.24. The molecule has 3 nitrogen and oxygen atoms in total. The van der Waals surface area contributed by atoms with Gasteiger partial charge < -0.3 is 4.74 Å². The number of nitrogens with zero attached hydrogens (tertiary/aromatic N) is 2. The molecule has 1 heterocycles. The van der Waals surface area contributed by atoms with Crippen molar-refractivity contribution in [3.63, 3.8) is 0 Å². The molecule has 0 saturated heterocycles. The summed E-state index contributed by atoms with van der Waals surface area (Å²) in [5.41, 5.74) is 2.47. The molecule has 148 valence electrons. The van der Waals surface area contributed by atoms with Crippen LogP contribution < -0.4 is 4.74 Å². The third-order valence-corrected chi connectivity index (χ3v) is 4.93. The van der Waals surface area contributed by atoms with Gasteiger partial charge in [-0.25, -0.2) is 9.97 Å². The molecule has 0 aliphatic heterocycles. The number of aryl methyl sites for hydroxylation is 1. The van der Waals surface area contributed by atoms with E-state index in [1.807, 2.05) is 0 Å². The predicted molar refractivity (Wildman–Crippen MR) is 114 cm³/mol. The highest BCUT2D eigenvalue weighted by Crippen LogP contribution is 2.19. The van der Waals surface area contributed by atoms with Gasteiger partial charge in [0, 0.05) is 5.56 Å². The standard InChI is InChI=1S/C24H36N2O/c1-3-5-7-9-11-13-21-14-16-22(17-15-21)24-25-19-23(20-26-24)27-18-12-10-8-6-4-2/h14-17,19-20H,3-13,18H2,1-2H3. The van der Waals surface area contributed by atoms with Crippen molar-refractivity contribution in [1.82, 2.24) is 9.97 Å². The second kappa shape index (κ2) is 13.3. The first-order chi connectivity index (χ1) is 13.3. The van der Waals surface area contributed by atoms with Gasteiger partial charge in [-0.2, -0.15) is 0 Å². The number of hydrogen-bond donors (Lipinski definition) is 0. The van der Waals surface area contributed by atoms with Crippen LogP contribution >= 0.6 is 0 Å². The number of rotatable bonds is 14. The number of aromatic nitrogens is 2. The third kappa shape index (κ3) is 8.55. The summed E-state index contributed by atoms with van der Waals surface area (Å²) in [6.07, 6.45) is 17.6. The van der Waals surface area contributed by atoms with E-state index in [2.05, 4.69) is 48.1 Å². The van der Waals surface area contributed by atoms with Crippen molar-refractivity contribution in [2.75, 3.05) is 6.61 Å². The summed E-state index contributed by atoms with van der Waals surface area (Å²) in [6, 6.07) is 8.67. The molecule has 2 aromatic rings. The Morgan fingerprint density at radius 1 is 0.704 bits per heavy atom. The van der Waals surface area contributed by atoms with Crippen molar-refractivity contribution in [1.29, 1.82) is 0 Å². The monoisotopic (exact) mass is 368 g/mol. The summed E-state index contributed by atoms with van der Waals surface area (Å²) < 4.78 is 5.74. The first-order valence-corrected chi connectivity index (χ1v) is 10.9. The average molecular weight is 369 g/mol. The minimum Gasteiger partial charge on any atom is -0.490 e. The molecule has 3 heteroatoms. The molecular formula is C24H36N2O. The number of benzene rings is 1. The van der Waals surface area contributed by atoms with Crippen molar-refractivity contribution in [3.05, 3.63) is 42.2 Å². The Morgan fingerprint density at radius 2 is 1.30 bits per heavy atom. The molecule has 27 heavy (non-hydrogen) atoms. The molecule has 2 rings (SSSR count). The van der Waals surface area contributed by atoms with E-state index in [1.54, 1.807) is 12.4 Å². The van der Waals surface area contributed by atoms with Crippen LogP contribution in [-0.4, -0.2) is 16.6 Å². The fourth-order valence-electron chi connectivity index (χ4n) is 3.19. The molecule has 0 radical (unpaired) electrons. The number of ether oxygens (including phenoxy) is 1. The molecule has 0 saturated carbocycles. The lowest BCUT2D eigenvalue weighted by molar-refractivity contribution is 0.302. The molecule has 1 aromatic heterocycles. The largest absolute Gasteiger partial charge is 0.490 e. The van der Waals surface area contributed by atoms with Gasteiger partial charge in [-0.15, -0.1) is 0 Å². The zero-order chi connectivity index (χ0) is 19.2. The van der Waals surface area contributed by atoms with Crippen LogP contribution in [0.1, 0.15) is 83.6 Å². The molecule has 0 atom stereocenters. The number of hydrogen-bond acceptors (Lipinski definition) is 3. The molecule has 0 aliphatic rings. The van der Waals surface area contributed by atoms with E-state index in [0.29, 0.717) is 0 Å². The molecule has 0 aliphatic carbocycles. The van der Waals surface area contributed by atoms with E-state index in [9.17, 15) is 0 Å². The van der Waals surface area contributed by atoms with Crippen LogP contribution in [0.15, 0.2) is 36.7 Å². The summed E-state index contributed by atoms with van der Waals surface area (Å²) in [5, 5.41) is 0. The molecule has 1 aromatic carbocycles. The van der Waals surface area contributed by atoms with E-state index >= 15 is 0 Å². The Kier molecular flexibility index (Phi) is 10.5. The Hall–Kier alpha value is -1.90. The lowest BCUT2D eigenvalue weighted by Crippen LogP contribution is -1.99. The third-order valence-electron chi connectivity index (χ3n) is 4.93. The molecule has 0 N–H and O–H groups in total. The van der Waals surface area contributed by atoms with Gasteiger partial charge >= 0.3 is 0 Å². The van der Waals surface area contributed by atoms with Crippen LogP contribution in [0.2, 0.25) is 0 Å². The van der Waals surface area contributed by atoms with Crippen LogP contribution in [0.25, 0.3) is 11.4 Å².